The fraction of sp³-hybridized carbons (Fsp3) is 0.400. The van der Waals surface area contributed by atoms with Gasteiger partial charge in [-0.15, -0.1) is 0 Å². The van der Waals surface area contributed by atoms with Gasteiger partial charge in [0.05, 0.1) is 5.02 Å². The maximum Gasteiger partial charge on any atom is 0.134 e. The van der Waals surface area contributed by atoms with Crippen LogP contribution in [0.2, 0.25) is 5.02 Å². The number of rotatable bonds is 2. The third-order valence-corrected chi connectivity index (χ3v) is 2.25. The number of halogens is 1. The average molecular weight is 200 g/mol. The van der Waals surface area contributed by atoms with Crippen LogP contribution in [0.4, 0.5) is 0 Å². The van der Waals surface area contributed by atoms with Crippen LogP contribution in [0.25, 0.3) is 0 Å². The van der Waals surface area contributed by atoms with Crippen molar-refractivity contribution in [1.29, 1.82) is 0 Å². The summed E-state index contributed by atoms with van der Waals surface area (Å²) in [7, 11) is 0. The van der Waals surface area contributed by atoms with Gasteiger partial charge in [0.2, 0.25) is 0 Å². The lowest BCUT2D eigenvalue weighted by Gasteiger charge is -2.09. The van der Waals surface area contributed by atoms with Crippen LogP contribution in [-0.2, 0) is 6.42 Å². The van der Waals surface area contributed by atoms with E-state index in [2.05, 4.69) is 0 Å². The molecule has 0 bridgehead atoms. The first-order valence-corrected chi connectivity index (χ1v) is 4.62. The van der Waals surface area contributed by atoms with Crippen molar-refractivity contribution in [3.05, 3.63) is 28.3 Å². The van der Waals surface area contributed by atoms with Gasteiger partial charge in [0.15, 0.2) is 0 Å². The van der Waals surface area contributed by atoms with E-state index in [1.54, 1.807) is 12.1 Å². The molecule has 0 aliphatic carbocycles. The van der Waals surface area contributed by atoms with Gasteiger partial charge in [-0.05, 0) is 43.5 Å². The van der Waals surface area contributed by atoms with E-state index in [1.165, 1.54) is 0 Å². The number of nitrogens with two attached hydrogens (primary N) is 1. The molecule has 1 rings (SSSR count). The Balaban J connectivity index is 3.01. The highest BCUT2D eigenvalue weighted by Crippen LogP contribution is 2.27. The van der Waals surface area contributed by atoms with E-state index >= 15 is 0 Å². The molecule has 0 aliphatic rings. The molecule has 0 heterocycles. The van der Waals surface area contributed by atoms with E-state index in [0.717, 1.165) is 17.5 Å². The number of hydrogen-bond acceptors (Lipinski definition) is 2. The number of hydrogen-bond donors (Lipinski definition) is 2. The molecule has 13 heavy (non-hydrogen) atoms. The lowest BCUT2D eigenvalue weighted by molar-refractivity contribution is 0.474. The topological polar surface area (TPSA) is 46.2 Å². The van der Waals surface area contributed by atoms with Crippen LogP contribution in [0.15, 0.2) is 12.1 Å². The fourth-order valence-electron chi connectivity index (χ4n) is 1.27. The first-order valence-electron chi connectivity index (χ1n) is 4.24. The zero-order chi connectivity index (χ0) is 10.0. The van der Waals surface area contributed by atoms with E-state index in [4.69, 9.17) is 17.3 Å². The standard InChI is InChI=1S/C10H14ClNO/c1-6-3-10(13)9(11)5-8(6)4-7(2)12/h3,5,7,13H,4,12H2,1-2H3. The van der Waals surface area contributed by atoms with Crippen LogP contribution in [0, 0.1) is 6.92 Å². The molecule has 2 nitrogen and oxygen atoms in total. The van der Waals surface area contributed by atoms with Crippen LogP contribution in [0.3, 0.4) is 0 Å². The van der Waals surface area contributed by atoms with Gasteiger partial charge in [0, 0.05) is 6.04 Å². The monoisotopic (exact) mass is 199 g/mol. The smallest absolute Gasteiger partial charge is 0.134 e. The molecule has 0 saturated heterocycles. The average Bonchev–Trinajstić information content (AvgIpc) is 1.99. The minimum atomic E-state index is 0.110. The molecule has 3 N–H and O–H groups in total. The Labute approximate surface area is 83.3 Å². The molecule has 0 radical (unpaired) electrons. The van der Waals surface area contributed by atoms with Crippen molar-refractivity contribution in [2.75, 3.05) is 0 Å². The summed E-state index contributed by atoms with van der Waals surface area (Å²) in [5.74, 6) is 0.132. The highest BCUT2D eigenvalue weighted by atomic mass is 35.5. The normalized spacial score (nSPS) is 12.9. The Morgan fingerprint density at radius 1 is 1.54 bits per heavy atom. The van der Waals surface area contributed by atoms with Crippen molar-refractivity contribution in [2.45, 2.75) is 26.3 Å². The minimum Gasteiger partial charge on any atom is -0.506 e. The third-order valence-electron chi connectivity index (χ3n) is 1.95. The zero-order valence-electron chi connectivity index (χ0n) is 7.84. The summed E-state index contributed by atoms with van der Waals surface area (Å²) >= 11 is 5.78. The molecule has 0 saturated carbocycles. The predicted octanol–water partition coefficient (Wildman–Crippen LogP) is 2.24. The van der Waals surface area contributed by atoms with E-state index in [1.807, 2.05) is 13.8 Å². The van der Waals surface area contributed by atoms with Gasteiger partial charge in [-0.1, -0.05) is 11.6 Å². The number of aromatic hydroxyl groups is 1. The number of phenolic OH excluding ortho intramolecular Hbond substituents is 1. The van der Waals surface area contributed by atoms with Gasteiger partial charge in [-0.25, -0.2) is 0 Å². The predicted molar refractivity (Wildman–Crippen MR) is 55.2 cm³/mol. The van der Waals surface area contributed by atoms with Gasteiger partial charge < -0.3 is 10.8 Å². The second-order valence-corrected chi connectivity index (χ2v) is 3.82. The molecule has 0 amide bonds. The Morgan fingerprint density at radius 3 is 2.69 bits per heavy atom. The van der Waals surface area contributed by atoms with Crippen LogP contribution in [-0.4, -0.2) is 11.1 Å². The molecule has 0 fully saturated rings. The fourth-order valence-corrected chi connectivity index (χ4v) is 1.46. The van der Waals surface area contributed by atoms with Crippen molar-refractivity contribution in [1.82, 2.24) is 0 Å². The van der Waals surface area contributed by atoms with Gasteiger partial charge in [0.1, 0.15) is 5.75 Å². The van der Waals surface area contributed by atoms with E-state index in [9.17, 15) is 5.11 Å². The van der Waals surface area contributed by atoms with Gasteiger partial charge in [-0.2, -0.15) is 0 Å². The van der Waals surface area contributed by atoms with Gasteiger partial charge >= 0.3 is 0 Å². The zero-order valence-corrected chi connectivity index (χ0v) is 8.60. The van der Waals surface area contributed by atoms with Crippen molar-refractivity contribution in [3.8, 4) is 5.75 Å². The Bertz CT molecular complexity index is 310. The summed E-state index contributed by atoms with van der Waals surface area (Å²) in [5, 5.41) is 9.69. The SMILES string of the molecule is Cc1cc(O)c(Cl)cc1CC(C)N. The molecule has 1 aromatic rings. The molecule has 0 spiro atoms. The van der Waals surface area contributed by atoms with E-state index in [-0.39, 0.29) is 11.8 Å². The molecule has 1 aromatic carbocycles. The van der Waals surface area contributed by atoms with Crippen molar-refractivity contribution < 1.29 is 5.11 Å². The highest BCUT2D eigenvalue weighted by Gasteiger charge is 2.06. The summed E-state index contributed by atoms with van der Waals surface area (Å²) in [4.78, 5) is 0. The summed E-state index contributed by atoms with van der Waals surface area (Å²) in [6.45, 7) is 3.88. The molecular formula is C10H14ClNO. The summed E-state index contributed by atoms with van der Waals surface area (Å²) in [5.41, 5.74) is 7.80. The highest BCUT2D eigenvalue weighted by molar-refractivity contribution is 6.32. The largest absolute Gasteiger partial charge is 0.506 e. The third kappa shape index (κ3) is 2.61. The summed E-state index contributed by atoms with van der Waals surface area (Å²) in [6.07, 6.45) is 0.784. The van der Waals surface area contributed by atoms with E-state index in [0.29, 0.717) is 5.02 Å². The van der Waals surface area contributed by atoms with Crippen LogP contribution in [0.5, 0.6) is 5.75 Å². The first kappa shape index (κ1) is 10.4. The minimum absolute atomic E-state index is 0.110. The lowest BCUT2D eigenvalue weighted by atomic mass is 10.0. The van der Waals surface area contributed by atoms with Crippen LogP contribution >= 0.6 is 11.6 Å². The van der Waals surface area contributed by atoms with Crippen molar-refractivity contribution >= 4 is 11.6 Å². The molecular weight excluding hydrogens is 186 g/mol. The second kappa shape index (κ2) is 3.99. The van der Waals surface area contributed by atoms with Crippen molar-refractivity contribution in [2.24, 2.45) is 5.73 Å². The summed E-state index contributed by atoms with van der Waals surface area (Å²) < 4.78 is 0. The Hall–Kier alpha value is -0.730. The van der Waals surface area contributed by atoms with Crippen LogP contribution < -0.4 is 5.73 Å². The number of phenols is 1. The van der Waals surface area contributed by atoms with Crippen LogP contribution in [0.1, 0.15) is 18.1 Å². The first-order chi connectivity index (χ1) is 6.00. The maximum atomic E-state index is 9.30. The molecule has 0 aromatic heterocycles. The Morgan fingerprint density at radius 2 is 2.15 bits per heavy atom. The Kier molecular flexibility index (Phi) is 3.17. The number of aryl methyl sites for hydroxylation is 1. The lowest BCUT2D eigenvalue weighted by Crippen LogP contribution is -2.18. The molecule has 72 valence electrons. The quantitative estimate of drug-likeness (QED) is 0.768. The van der Waals surface area contributed by atoms with E-state index < -0.39 is 0 Å². The molecule has 1 unspecified atom stereocenters. The molecule has 0 aliphatic heterocycles. The van der Waals surface area contributed by atoms with Crippen molar-refractivity contribution in [3.63, 3.8) is 0 Å². The molecule has 1 atom stereocenters. The number of benzene rings is 1. The molecule has 3 heteroatoms. The maximum absolute atomic E-state index is 9.30. The van der Waals surface area contributed by atoms with Gasteiger partial charge in [-0.3, -0.25) is 0 Å². The second-order valence-electron chi connectivity index (χ2n) is 3.41. The van der Waals surface area contributed by atoms with Gasteiger partial charge in [0.25, 0.3) is 0 Å². The summed E-state index contributed by atoms with van der Waals surface area (Å²) in [6, 6.07) is 3.55.